The zero-order valence-corrected chi connectivity index (χ0v) is 17.8. The van der Waals surface area contributed by atoms with Gasteiger partial charge in [-0.1, -0.05) is 18.2 Å². The van der Waals surface area contributed by atoms with Gasteiger partial charge in [0.25, 0.3) is 0 Å². The summed E-state index contributed by atoms with van der Waals surface area (Å²) in [7, 11) is 4.39. The molecule has 0 N–H and O–H groups in total. The van der Waals surface area contributed by atoms with Crippen LogP contribution >= 0.6 is 0 Å². The Morgan fingerprint density at radius 1 is 0.812 bits per heavy atom. The van der Waals surface area contributed by atoms with Crippen LogP contribution < -0.4 is 18.9 Å². The van der Waals surface area contributed by atoms with Crippen molar-refractivity contribution in [1.29, 1.82) is 0 Å². The third kappa shape index (κ3) is 5.13. The van der Waals surface area contributed by atoms with Crippen molar-refractivity contribution in [2.75, 3.05) is 21.3 Å². The summed E-state index contributed by atoms with van der Waals surface area (Å²) in [6, 6.07) is 15.1. The van der Waals surface area contributed by atoms with Crippen molar-refractivity contribution in [2.24, 2.45) is 0 Å². The van der Waals surface area contributed by atoms with Crippen molar-refractivity contribution in [1.82, 2.24) is 0 Å². The summed E-state index contributed by atoms with van der Waals surface area (Å²) in [6.07, 6.45) is 2.58. The van der Waals surface area contributed by atoms with E-state index in [4.69, 9.17) is 18.9 Å². The molecule has 0 atom stereocenters. The number of carbonyl (C=O) groups is 2. The van der Waals surface area contributed by atoms with Crippen LogP contribution in [0.5, 0.6) is 23.0 Å². The van der Waals surface area contributed by atoms with Crippen LogP contribution in [0.3, 0.4) is 0 Å². The average Bonchev–Trinajstić information content (AvgIpc) is 2.82. The monoisotopic (exact) mass is 436 g/mol. The molecule has 0 radical (unpaired) electrons. The number of halogens is 1. The third-order valence-electron chi connectivity index (χ3n) is 4.60. The molecule has 0 aliphatic heterocycles. The van der Waals surface area contributed by atoms with Gasteiger partial charge in [0.1, 0.15) is 17.3 Å². The molecule has 164 valence electrons. The first-order chi connectivity index (χ1) is 15.5. The van der Waals surface area contributed by atoms with Crippen LogP contribution in [0.25, 0.3) is 6.08 Å². The van der Waals surface area contributed by atoms with Crippen molar-refractivity contribution < 1.29 is 32.9 Å². The predicted octanol–water partition coefficient (Wildman–Crippen LogP) is 4.97. The topological polar surface area (TPSA) is 71.1 Å². The number of hydrogen-bond acceptors (Lipinski definition) is 6. The molecule has 6 nitrogen and oxygen atoms in total. The summed E-state index contributed by atoms with van der Waals surface area (Å²) in [6.45, 7) is 0. The Hall–Kier alpha value is -4.13. The van der Waals surface area contributed by atoms with Crippen LogP contribution in [0.15, 0.2) is 66.7 Å². The maximum Gasteiger partial charge on any atom is 0.343 e. The molecule has 0 aliphatic carbocycles. The molecule has 0 spiro atoms. The van der Waals surface area contributed by atoms with Crippen molar-refractivity contribution in [3.63, 3.8) is 0 Å². The van der Waals surface area contributed by atoms with Crippen LogP contribution in [-0.4, -0.2) is 33.1 Å². The quantitative estimate of drug-likeness (QED) is 0.215. The minimum Gasteiger partial charge on any atom is -0.497 e. The Morgan fingerprint density at radius 2 is 1.56 bits per heavy atom. The third-order valence-corrected chi connectivity index (χ3v) is 4.60. The molecule has 0 amide bonds. The molecular weight excluding hydrogens is 415 g/mol. The number of ether oxygens (including phenoxy) is 4. The van der Waals surface area contributed by atoms with Crippen molar-refractivity contribution in [2.45, 2.75) is 0 Å². The van der Waals surface area contributed by atoms with Gasteiger partial charge in [0.2, 0.25) is 0 Å². The number of hydrogen-bond donors (Lipinski definition) is 0. The summed E-state index contributed by atoms with van der Waals surface area (Å²) in [5, 5.41) is 0. The fraction of sp³-hybridized carbons (Fsp3) is 0.120. The molecule has 0 saturated carbocycles. The van der Waals surface area contributed by atoms with E-state index in [1.54, 1.807) is 30.3 Å². The van der Waals surface area contributed by atoms with Crippen LogP contribution in [-0.2, 0) is 0 Å². The minimum absolute atomic E-state index is 0.00678. The Morgan fingerprint density at radius 3 is 2.25 bits per heavy atom. The largest absolute Gasteiger partial charge is 0.497 e. The highest BCUT2D eigenvalue weighted by Crippen LogP contribution is 2.30. The molecule has 0 aliphatic rings. The van der Waals surface area contributed by atoms with Gasteiger partial charge in [-0.15, -0.1) is 0 Å². The van der Waals surface area contributed by atoms with E-state index in [0.717, 1.165) is 0 Å². The maximum absolute atomic E-state index is 13.8. The first-order valence-corrected chi connectivity index (χ1v) is 9.56. The fourth-order valence-corrected chi connectivity index (χ4v) is 2.91. The molecule has 0 saturated heterocycles. The lowest BCUT2D eigenvalue weighted by atomic mass is 10.1. The first-order valence-electron chi connectivity index (χ1n) is 9.56. The number of methoxy groups -OCH3 is 3. The second kappa shape index (κ2) is 10.3. The SMILES string of the molecule is COc1ccc(C(=O)/C=C/c2ccccc2F)c(OC(=O)c2ccc(OC)c(OC)c2)c1. The molecule has 3 rings (SSSR count). The van der Waals surface area contributed by atoms with Gasteiger partial charge in [-0.25, -0.2) is 9.18 Å². The molecule has 0 fully saturated rings. The molecule has 3 aromatic carbocycles. The Balaban J connectivity index is 1.90. The molecule has 32 heavy (non-hydrogen) atoms. The van der Waals surface area contributed by atoms with Gasteiger partial charge in [0.15, 0.2) is 17.3 Å². The van der Waals surface area contributed by atoms with E-state index in [1.807, 2.05) is 0 Å². The van der Waals surface area contributed by atoms with Gasteiger partial charge in [-0.3, -0.25) is 4.79 Å². The van der Waals surface area contributed by atoms with E-state index in [9.17, 15) is 14.0 Å². The highest BCUT2D eigenvalue weighted by atomic mass is 19.1. The first kappa shape index (κ1) is 22.6. The second-order valence-electron chi connectivity index (χ2n) is 6.54. The zero-order chi connectivity index (χ0) is 23.1. The average molecular weight is 436 g/mol. The van der Waals surface area contributed by atoms with Gasteiger partial charge in [0.05, 0.1) is 32.5 Å². The van der Waals surface area contributed by atoms with Crippen molar-refractivity contribution >= 4 is 17.8 Å². The van der Waals surface area contributed by atoms with E-state index in [-0.39, 0.29) is 22.4 Å². The highest BCUT2D eigenvalue weighted by Gasteiger charge is 2.18. The Kier molecular flexibility index (Phi) is 7.23. The molecular formula is C25H21FO6. The van der Waals surface area contributed by atoms with E-state index < -0.39 is 17.6 Å². The van der Waals surface area contributed by atoms with E-state index in [2.05, 4.69) is 0 Å². The standard InChI is InChI=1S/C25H21FO6/c1-29-18-10-11-19(21(27)12-8-16-6-4-5-7-20(16)26)23(15-18)32-25(28)17-9-13-22(30-2)24(14-17)31-3/h4-15H,1-3H3/b12-8+. The number of allylic oxidation sites excluding steroid dienone is 1. The Bertz CT molecular complexity index is 1170. The number of rotatable bonds is 8. The van der Waals surface area contributed by atoms with E-state index >= 15 is 0 Å². The zero-order valence-electron chi connectivity index (χ0n) is 17.8. The summed E-state index contributed by atoms with van der Waals surface area (Å²) < 4.78 is 34.9. The fourth-order valence-electron chi connectivity index (χ4n) is 2.91. The van der Waals surface area contributed by atoms with E-state index in [1.165, 1.54) is 63.8 Å². The second-order valence-corrected chi connectivity index (χ2v) is 6.54. The summed E-state index contributed by atoms with van der Waals surface area (Å²) in [4.78, 5) is 25.5. The summed E-state index contributed by atoms with van der Waals surface area (Å²) in [5.41, 5.74) is 0.580. The van der Waals surface area contributed by atoms with Crippen molar-refractivity contribution in [3.8, 4) is 23.0 Å². The lowest BCUT2D eigenvalue weighted by Crippen LogP contribution is -2.11. The van der Waals surface area contributed by atoms with E-state index in [0.29, 0.717) is 17.2 Å². The highest BCUT2D eigenvalue weighted by molar-refractivity contribution is 6.09. The van der Waals surface area contributed by atoms with Crippen molar-refractivity contribution in [3.05, 3.63) is 89.2 Å². The predicted molar refractivity (Wildman–Crippen MR) is 117 cm³/mol. The van der Waals surface area contributed by atoms with Gasteiger partial charge < -0.3 is 18.9 Å². The number of carbonyl (C=O) groups excluding carboxylic acids is 2. The van der Waals surface area contributed by atoms with Crippen LogP contribution in [0.4, 0.5) is 4.39 Å². The van der Waals surface area contributed by atoms with Gasteiger partial charge in [-0.2, -0.15) is 0 Å². The Labute approximate surface area is 184 Å². The smallest absolute Gasteiger partial charge is 0.343 e. The molecule has 0 aromatic heterocycles. The number of benzene rings is 3. The van der Waals surface area contributed by atoms with Crippen LogP contribution in [0, 0.1) is 5.82 Å². The molecule has 7 heteroatoms. The molecule has 0 bridgehead atoms. The normalized spacial score (nSPS) is 10.6. The number of esters is 1. The summed E-state index contributed by atoms with van der Waals surface area (Å²) >= 11 is 0. The minimum atomic E-state index is -0.702. The molecule has 0 heterocycles. The molecule has 3 aromatic rings. The number of ketones is 1. The van der Waals surface area contributed by atoms with Gasteiger partial charge in [0, 0.05) is 11.6 Å². The van der Waals surface area contributed by atoms with Gasteiger partial charge in [-0.05, 0) is 48.6 Å². The van der Waals surface area contributed by atoms with Crippen LogP contribution in [0.2, 0.25) is 0 Å². The summed E-state index contributed by atoms with van der Waals surface area (Å²) in [5.74, 6) is -0.401. The lowest BCUT2D eigenvalue weighted by molar-refractivity contribution is 0.0732. The lowest BCUT2D eigenvalue weighted by Gasteiger charge is -2.12. The van der Waals surface area contributed by atoms with Gasteiger partial charge >= 0.3 is 5.97 Å². The maximum atomic E-state index is 13.8. The van der Waals surface area contributed by atoms with Crippen LogP contribution in [0.1, 0.15) is 26.3 Å². The molecule has 0 unspecified atom stereocenters.